The molecule has 3 aromatic heterocycles. The number of hydrogen-bond acceptors (Lipinski definition) is 7. The third kappa shape index (κ3) is 4.35. The van der Waals surface area contributed by atoms with Gasteiger partial charge in [0.2, 0.25) is 11.1 Å². The predicted molar refractivity (Wildman–Crippen MR) is 124 cm³/mol. The number of carbonyl (C=O) groups excluding carboxylic acids is 1. The number of thioether (sulfide) groups is 1. The molecule has 1 unspecified atom stereocenters. The Bertz CT molecular complexity index is 1250. The summed E-state index contributed by atoms with van der Waals surface area (Å²) < 4.78 is 9.67. The van der Waals surface area contributed by atoms with Gasteiger partial charge in [0.1, 0.15) is 11.9 Å². The van der Waals surface area contributed by atoms with Gasteiger partial charge in [-0.1, -0.05) is 11.8 Å². The average Bonchev–Trinajstić information content (AvgIpc) is 3.51. The maximum Gasteiger partial charge on any atom is 0.253 e. The summed E-state index contributed by atoms with van der Waals surface area (Å²) in [5, 5.41) is 17.9. The number of amides is 1. The van der Waals surface area contributed by atoms with Crippen LogP contribution in [0.5, 0.6) is 0 Å². The van der Waals surface area contributed by atoms with Crippen molar-refractivity contribution in [1.82, 2.24) is 24.1 Å². The number of nitrogens with one attached hydrogen (secondary N) is 1. The zero-order valence-corrected chi connectivity index (χ0v) is 19.7. The largest absolute Gasteiger partial charge is 0.376 e. The van der Waals surface area contributed by atoms with Gasteiger partial charge < -0.3 is 14.6 Å². The first kappa shape index (κ1) is 21.9. The lowest BCUT2D eigenvalue weighted by molar-refractivity contribution is -0.113. The number of carbonyl (C=O) groups is 1. The van der Waals surface area contributed by atoms with Crippen LogP contribution in [0.4, 0.5) is 5.82 Å². The van der Waals surface area contributed by atoms with Crippen LogP contribution in [-0.2, 0) is 28.9 Å². The molecule has 1 fully saturated rings. The molecule has 2 aliphatic rings. The highest BCUT2D eigenvalue weighted by Gasteiger charge is 2.28. The number of nitriles is 1. The number of ether oxygens (including phenoxy) is 1. The molecule has 0 radical (unpaired) electrons. The van der Waals surface area contributed by atoms with E-state index >= 15 is 0 Å². The lowest BCUT2D eigenvalue weighted by Gasteiger charge is -2.19. The van der Waals surface area contributed by atoms with E-state index in [1.165, 1.54) is 17.5 Å². The monoisotopic (exact) mass is 465 g/mol. The van der Waals surface area contributed by atoms with Crippen LogP contribution in [0.2, 0.25) is 0 Å². The van der Waals surface area contributed by atoms with Gasteiger partial charge in [-0.15, -0.1) is 5.10 Å². The molecule has 0 spiro atoms. The molecule has 10 heteroatoms. The fourth-order valence-electron chi connectivity index (χ4n) is 4.82. The molecule has 172 valence electrons. The summed E-state index contributed by atoms with van der Waals surface area (Å²) in [4.78, 5) is 21.8. The highest BCUT2D eigenvalue weighted by atomic mass is 32.2. The smallest absolute Gasteiger partial charge is 0.253 e. The molecule has 9 nitrogen and oxygen atoms in total. The Hall–Kier alpha value is -2.90. The molecule has 5 rings (SSSR count). The van der Waals surface area contributed by atoms with Gasteiger partial charge in [-0.3, -0.25) is 4.79 Å². The summed E-state index contributed by atoms with van der Waals surface area (Å²) in [6.45, 7) is 5.31. The van der Waals surface area contributed by atoms with Gasteiger partial charge in [-0.2, -0.15) is 10.2 Å². The molecule has 0 aromatic carbocycles. The van der Waals surface area contributed by atoms with Crippen LogP contribution in [0.3, 0.4) is 0 Å². The average molecular weight is 466 g/mol. The quantitative estimate of drug-likeness (QED) is 0.557. The zero-order chi connectivity index (χ0) is 22.9. The van der Waals surface area contributed by atoms with Gasteiger partial charge in [0.05, 0.1) is 24.0 Å². The van der Waals surface area contributed by atoms with E-state index in [0.29, 0.717) is 28.9 Å². The second-order valence-corrected chi connectivity index (χ2v) is 9.64. The van der Waals surface area contributed by atoms with Gasteiger partial charge in [-0.05, 0) is 64.0 Å². The number of rotatable bonds is 6. The minimum atomic E-state index is -0.181. The summed E-state index contributed by atoms with van der Waals surface area (Å²) in [6.07, 6.45) is 6.16. The molecular formula is C23H27N7O2S. The van der Waals surface area contributed by atoms with Crippen LogP contribution < -0.4 is 5.32 Å². The number of fused-ring (bicyclic) bond motifs is 2. The van der Waals surface area contributed by atoms with E-state index < -0.39 is 0 Å². The summed E-state index contributed by atoms with van der Waals surface area (Å²) in [5.74, 6) is 1.11. The van der Waals surface area contributed by atoms with Crippen LogP contribution in [0.25, 0.3) is 5.78 Å². The maximum atomic E-state index is 12.9. The fourth-order valence-corrected chi connectivity index (χ4v) is 5.44. The van der Waals surface area contributed by atoms with E-state index in [0.717, 1.165) is 62.1 Å². The highest BCUT2D eigenvalue weighted by molar-refractivity contribution is 7.99. The third-order valence-electron chi connectivity index (χ3n) is 6.28. The molecule has 33 heavy (non-hydrogen) atoms. The van der Waals surface area contributed by atoms with Crippen LogP contribution in [-0.4, -0.2) is 48.5 Å². The van der Waals surface area contributed by atoms with Crippen molar-refractivity contribution >= 4 is 29.3 Å². The topological polar surface area (TPSA) is 110 Å². The Labute approximate surface area is 196 Å². The van der Waals surface area contributed by atoms with E-state index in [-0.39, 0.29) is 17.8 Å². The SMILES string of the molecule is Cc1cc(C)n2nc(SCC(=O)Nc3c(C#N)c4c(n3CC3CCCO3)CCCC4)nc2n1. The lowest BCUT2D eigenvalue weighted by Crippen LogP contribution is -2.23. The summed E-state index contributed by atoms with van der Waals surface area (Å²) >= 11 is 1.26. The second-order valence-electron chi connectivity index (χ2n) is 8.70. The Morgan fingerprint density at radius 2 is 2.15 bits per heavy atom. The third-order valence-corrected chi connectivity index (χ3v) is 7.12. The molecule has 0 bridgehead atoms. The fraction of sp³-hybridized carbons (Fsp3) is 0.522. The van der Waals surface area contributed by atoms with Crippen molar-refractivity contribution in [3.8, 4) is 6.07 Å². The second kappa shape index (κ2) is 9.15. The molecular weight excluding hydrogens is 438 g/mol. The van der Waals surface area contributed by atoms with E-state index in [1.807, 2.05) is 19.9 Å². The molecule has 1 N–H and O–H groups in total. The van der Waals surface area contributed by atoms with Crippen LogP contribution in [0.1, 0.15) is 53.9 Å². The van der Waals surface area contributed by atoms with Gasteiger partial charge in [0.15, 0.2) is 0 Å². The molecule has 1 saturated heterocycles. The van der Waals surface area contributed by atoms with Crippen LogP contribution in [0.15, 0.2) is 11.2 Å². The molecule has 1 amide bonds. The van der Waals surface area contributed by atoms with E-state index in [2.05, 4.69) is 31.0 Å². The summed E-state index contributed by atoms with van der Waals surface area (Å²) in [5.41, 5.74) is 4.68. The molecule has 1 aliphatic carbocycles. The molecule has 1 atom stereocenters. The van der Waals surface area contributed by atoms with E-state index in [1.54, 1.807) is 4.52 Å². The summed E-state index contributed by atoms with van der Waals surface area (Å²) in [7, 11) is 0. The minimum absolute atomic E-state index is 0.126. The number of aryl methyl sites for hydroxylation is 2. The van der Waals surface area contributed by atoms with Gasteiger partial charge in [-0.25, -0.2) is 9.50 Å². The molecule has 4 heterocycles. The summed E-state index contributed by atoms with van der Waals surface area (Å²) in [6, 6.07) is 4.30. The van der Waals surface area contributed by atoms with Crippen molar-refractivity contribution in [3.63, 3.8) is 0 Å². The standard InChI is InChI=1S/C23H27N7O2S/c1-14-10-15(2)30-22(25-14)27-23(28-30)33-13-20(31)26-21-18(11-24)17-7-3-4-8-19(17)29(21)12-16-6-5-9-32-16/h10,16H,3-9,12-13H2,1-2H3,(H,26,31). The van der Waals surface area contributed by atoms with Crippen LogP contribution >= 0.6 is 11.8 Å². The highest BCUT2D eigenvalue weighted by Crippen LogP contribution is 2.34. The van der Waals surface area contributed by atoms with Crippen molar-refractivity contribution in [2.24, 2.45) is 0 Å². The maximum absolute atomic E-state index is 12.9. The zero-order valence-electron chi connectivity index (χ0n) is 18.9. The number of hydrogen-bond donors (Lipinski definition) is 1. The first-order chi connectivity index (χ1) is 16.0. The Kier molecular flexibility index (Phi) is 6.08. The van der Waals surface area contributed by atoms with Crippen molar-refractivity contribution in [2.45, 2.75) is 70.2 Å². The number of aromatic nitrogens is 5. The van der Waals surface area contributed by atoms with E-state index in [9.17, 15) is 10.1 Å². The van der Waals surface area contributed by atoms with Gasteiger partial charge >= 0.3 is 0 Å². The van der Waals surface area contributed by atoms with Crippen LogP contribution in [0, 0.1) is 25.2 Å². The first-order valence-corrected chi connectivity index (χ1v) is 12.4. The molecule has 3 aromatic rings. The minimum Gasteiger partial charge on any atom is -0.376 e. The Morgan fingerprint density at radius 1 is 1.30 bits per heavy atom. The Morgan fingerprint density at radius 3 is 2.94 bits per heavy atom. The molecule has 0 saturated carbocycles. The Balaban J connectivity index is 1.36. The van der Waals surface area contributed by atoms with Gasteiger partial charge in [0, 0.05) is 23.7 Å². The molecule has 1 aliphatic heterocycles. The normalized spacial score (nSPS) is 17.8. The lowest BCUT2D eigenvalue weighted by atomic mass is 9.95. The number of nitrogens with zero attached hydrogens (tertiary/aromatic N) is 6. The van der Waals surface area contributed by atoms with Crippen molar-refractivity contribution in [3.05, 3.63) is 34.3 Å². The predicted octanol–water partition coefficient (Wildman–Crippen LogP) is 3.20. The number of anilines is 1. The van der Waals surface area contributed by atoms with Crippen molar-refractivity contribution in [2.75, 3.05) is 17.7 Å². The van der Waals surface area contributed by atoms with E-state index in [4.69, 9.17) is 4.74 Å². The van der Waals surface area contributed by atoms with Crippen molar-refractivity contribution < 1.29 is 9.53 Å². The van der Waals surface area contributed by atoms with Crippen molar-refractivity contribution in [1.29, 1.82) is 5.26 Å². The first-order valence-electron chi connectivity index (χ1n) is 11.4. The van der Waals surface area contributed by atoms with Gasteiger partial charge in [0.25, 0.3) is 5.78 Å².